The lowest BCUT2D eigenvalue weighted by Crippen LogP contribution is -2.12. The number of anilines is 1. The minimum atomic E-state index is -4.57. The van der Waals surface area contributed by atoms with E-state index in [1.54, 1.807) is 30.3 Å². The average molecular weight is 485 g/mol. The first-order chi connectivity index (χ1) is 16.4. The molecule has 3 heterocycles. The number of fused-ring (bicyclic) bond motifs is 4. The summed E-state index contributed by atoms with van der Waals surface area (Å²) in [6.07, 6.45) is 1.67. The van der Waals surface area contributed by atoms with Crippen molar-refractivity contribution in [3.05, 3.63) is 69.7 Å². The predicted molar refractivity (Wildman–Crippen MR) is 120 cm³/mol. The molecule has 6 rings (SSSR count). The number of amides is 1. The lowest BCUT2D eigenvalue weighted by molar-refractivity contribution is -0.142. The van der Waals surface area contributed by atoms with Gasteiger partial charge in [0.1, 0.15) is 5.76 Å². The Hall–Kier alpha value is -3.40. The van der Waals surface area contributed by atoms with Crippen LogP contribution in [0.1, 0.15) is 50.8 Å². The van der Waals surface area contributed by atoms with Gasteiger partial charge in [0, 0.05) is 28.0 Å². The minimum absolute atomic E-state index is 0.163. The molecule has 2 aliphatic carbocycles. The first-order valence-electron chi connectivity index (χ1n) is 11.0. The molecule has 0 radical (unpaired) electrons. The van der Waals surface area contributed by atoms with Gasteiger partial charge in [-0.3, -0.25) is 10.1 Å². The van der Waals surface area contributed by atoms with Gasteiger partial charge in [0.15, 0.2) is 10.8 Å². The summed E-state index contributed by atoms with van der Waals surface area (Å²) < 4.78 is 47.9. The molecule has 0 saturated heterocycles. The first kappa shape index (κ1) is 21.2. The summed E-state index contributed by atoms with van der Waals surface area (Å²) in [7, 11) is 0. The number of aromatic nitrogens is 3. The Kier molecular flexibility index (Phi) is 4.87. The topological polar surface area (TPSA) is 73.0 Å². The maximum absolute atomic E-state index is 13.7. The zero-order valence-electron chi connectivity index (χ0n) is 17.9. The van der Waals surface area contributed by atoms with E-state index in [0.717, 1.165) is 31.4 Å². The van der Waals surface area contributed by atoms with Crippen molar-refractivity contribution in [1.29, 1.82) is 0 Å². The molecule has 4 aromatic rings. The molecule has 0 fully saturated rings. The number of halogens is 3. The smallest absolute Gasteiger partial charge is 0.435 e. The van der Waals surface area contributed by atoms with Crippen molar-refractivity contribution in [1.82, 2.24) is 14.8 Å². The number of carbonyl (C=O) groups is 1. The second kappa shape index (κ2) is 7.83. The standard InChI is InChI=1S/C24H19F3N4O2S/c25-24(26,27)21-16-9-10-18-15(11-12-33-18)20(16)31(30-21)14-7-5-13(6-8-14)22(32)29-23-28-17-3-1-2-4-19(17)34-23/h5-8,11-12H,1-4,9-10H2,(H,28,29,32). The fourth-order valence-corrected chi connectivity index (χ4v) is 5.74. The zero-order chi connectivity index (χ0) is 23.4. The molecule has 0 atom stereocenters. The van der Waals surface area contributed by atoms with Gasteiger partial charge in [0.05, 0.1) is 23.3 Å². The second-order valence-corrected chi connectivity index (χ2v) is 9.52. The van der Waals surface area contributed by atoms with Crippen molar-refractivity contribution >= 4 is 22.4 Å². The summed E-state index contributed by atoms with van der Waals surface area (Å²) in [6, 6.07) is 8.03. The van der Waals surface area contributed by atoms with Gasteiger partial charge >= 0.3 is 6.18 Å². The van der Waals surface area contributed by atoms with Crippen LogP contribution < -0.4 is 5.32 Å². The molecular weight excluding hydrogens is 465 g/mol. The molecule has 1 aromatic carbocycles. The number of rotatable bonds is 3. The first-order valence-corrected chi connectivity index (χ1v) is 11.9. The molecule has 34 heavy (non-hydrogen) atoms. The summed E-state index contributed by atoms with van der Waals surface area (Å²) in [4.78, 5) is 18.5. The van der Waals surface area contributed by atoms with Crippen molar-refractivity contribution in [3.8, 4) is 16.9 Å². The molecule has 0 spiro atoms. The molecular formula is C24H19F3N4O2S. The summed E-state index contributed by atoms with van der Waals surface area (Å²) in [5.74, 6) is 0.331. The highest BCUT2D eigenvalue weighted by Crippen LogP contribution is 2.42. The van der Waals surface area contributed by atoms with E-state index in [0.29, 0.717) is 39.8 Å². The van der Waals surface area contributed by atoms with E-state index in [1.165, 1.54) is 27.2 Å². The molecule has 6 nitrogen and oxygen atoms in total. The third kappa shape index (κ3) is 3.53. The highest BCUT2D eigenvalue weighted by molar-refractivity contribution is 7.15. The summed E-state index contributed by atoms with van der Waals surface area (Å²) >= 11 is 1.50. The van der Waals surface area contributed by atoms with Crippen LogP contribution in [0.25, 0.3) is 16.9 Å². The van der Waals surface area contributed by atoms with Crippen molar-refractivity contribution in [2.75, 3.05) is 5.32 Å². The quantitative estimate of drug-likeness (QED) is 0.397. The van der Waals surface area contributed by atoms with Crippen LogP contribution in [0.5, 0.6) is 0 Å². The predicted octanol–water partition coefficient (Wildman–Crippen LogP) is 5.84. The van der Waals surface area contributed by atoms with Crippen molar-refractivity contribution in [2.24, 2.45) is 0 Å². The average Bonchev–Trinajstić information content (AvgIpc) is 3.54. The highest BCUT2D eigenvalue weighted by atomic mass is 32.1. The Labute approximate surface area is 196 Å². The number of nitrogens with zero attached hydrogens (tertiary/aromatic N) is 3. The summed E-state index contributed by atoms with van der Waals surface area (Å²) in [6.45, 7) is 0. The van der Waals surface area contributed by atoms with Crippen LogP contribution in [-0.4, -0.2) is 20.7 Å². The Morgan fingerprint density at radius 2 is 1.85 bits per heavy atom. The van der Waals surface area contributed by atoms with Gasteiger partial charge in [-0.2, -0.15) is 18.3 Å². The third-order valence-electron chi connectivity index (χ3n) is 6.29. The van der Waals surface area contributed by atoms with E-state index in [-0.39, 0.29) is 17.9 Å². The number of aryl methyl sites for hydroxylation is 3. The number of benzene rings is 1. The van der Waals surface area contributed by atoms with E-state index in [4.69, 9.17) is 4.42 Å². The lowest BCUT2D eigenvalue weighted by atomic mass is 9.94. The van der Waals surface area contributed by atoms with Gasteiger partial charge in [-0.15, -0.1) is 11.3 Å². The van der Waals surface area contributed by atoms with Crippen LogP contribution in [0.3, 0.4) is 0 Å². The van der Waals surface area contributed by atoms with Crippen LogP contribution in [0.2, 0.25) is 0 Å². The Morgan fingerprint density at radius 1 is 1.06 bits per heavy atom. The van der Waals surface area contributed by atoms with Crippen LogP contribution in [0.4, 0.5) is 18.3 Å². The van der Waals surface area contributed by atoms with Crippen molar-refractivity contribution in [2.45, 2.75) is 44.7 Å². The summed E-state index contributed by atoms with van der Waals surface area (Å²) in [5.41, 5.74) is 2.15. The maximum Gasteiger partial charge on any atom is 0.435 e. The molecule has 0 aliphatic heterocycles. The van der Waals surface area contributed by atoms with E-state index in [1.807, 2.05) is 0 Å². The number of carbonyl (C=O) groups excluding carboxylic acids is 1. The van der Waals surface area contributed by atoms with Crippen LogP contribution in [0.15, 0.2) is 41.0 Å². The van der Waals surface area contributed by atoms with Gasteiger partial charge in [-0.1, -0.05) is 0 Å². The fraction of sp³-hybridized carbons (Fsp3) is 0.292. The van der Waals surface area contributed by atoms with Crippen LogP contribution in [-0.2, 0) is 31.9 Å². The molecule has 2 aliphatic rings. The molecule has 0 bridgehead atoms. The number of hydrogen-bond donors (Lipinski definition) is 1. The van der Waals surface area contributed by atoms with Crippen LogP contribution in [0, 0.1) is 0 Å². The fourth-order valence-electron chi connectivity index (χ4n) is 4.69. The third-order valence-corrected chi connectivity index (χ3v) is 7.37. The Balaban J connectivity index is 1.31. The van der Waals surface area contributed by atoms with E-state index in [9.17, 15) is 18.0 Å². The molecule has 1 N–H and O–H groups in total. The number of nitrogens with one attached hydrogen (secondary N) is 1. The van der Waals surface area contributed by atoms with Gasteiger partial charge in [-0.05, 0) is 62.4 Å². The Morgan fingerprint density at radius 3 is 2.62 bits per heavy atom. The summed E-state index contributed by atoms with van der Waals surface area (Å²) in [5, 5.41) is 7.35. The molecule has 10 heteroatoms. The van der Waals surface area contributed by atoms with Gasteiger partial charge in [0.25, 0.3) is 5.91 Å². The van der Waals surface area contributed by atoms with Crippen molar-refractivity contribution in [3.63, 3.8) is 0 Å². The van der Waals surface area contributed by atoms with E-state index in [2.05, 4.69) is 15.4 Å². The normalized spacial score (nSPS) is 14.9. The largest absolute Gasteiger partial charge is 0.469 e. The molecule has 0 unspecified atom stereocenters. The molecule has 0 saturated carbocycles. The monoisotopic (exact) mass is 484 g/mol. The van der Waals surface area contributed by atoms with Gasteiger partial charge in [-0.25, -0.2) is 9.67 Å². The molecule has 1 amide bonds. The van der Waals surface area contributed by atoms with Crippen molar-refractivity contribution < 1.29 is 22.4 Å². The van der Waals surface area contributed by atoms with E-state index >= 15 is 0 Å². The van der Waals surface area contributed by atoms with Crippen LogP contribution >= 0.6 is 11.3 Å². The van der Waals surface area contributed by atoms with Gasteiger partial charge in [0.2, 0.25) is 0 Å². The molecule has 174 valence electrons. The number of furan rings is 1. The van der Waals surface area contributed by atoms with E-state index < -0.39 is 11.9 Å². The number of alkyl halides is 3. The molecule has 3 aromatic heterocycles. The number of thiazole rings is 1. The SMILES string of the molecule is O=C(Nc1nc2c(s1)CCCC2)c1ccc(-n2nc(C(F)(F)F)c3c2-c2ccoc2CC3)cc1. The lowest BCUT2D eigenvalue weighted by Gasteiger charge is -2.15. The zero-order valence-corrected chi connectivity index (χ0v) is 18.7. The Bertz CT molecular complexity index is 1380. The minimum Gasteiger partial charge on any atom is -0.469 e. The number of hydrogen-bond acceptors (Lipinski definition) is 5. The second-order valence-electron chi connectivity index (χ2n) is 8.44. The van der Waals surface area contributed by atoms with Gasteiger partial charge < -0.3 is 4.42 Å². The highest BCUT2D eigenvalue weighted by Gasteiger charge is 2.41. The maximum atomic E-state index is 13.7.